The second-order valence-electron chi connectivity index (χ2n) is 5.50. The van der Waals surface area contributed by atoms with Crippen LogP contribution < -0.4 is 5.73 Å². The fraction of sp³-hybridized carbons (Fsp3) is 0.846. The van der Waals surface area contributed by atoms with Crippen LogP contribution in [-0.2, 0) is 9.59 Å². The van der Waals surface area contributed by atoms with Crippen molar-refractivity contribution in [2.24, 2.45) is 17.6 Å². The van der Waals surface area contributed by atoms with Crippen LogP contribution in [0.1, 0.15) is 38.5 Å². The Balaban J connectivity index is 2.00. The molecule has 2 rings (SSSR count). The van der Waals surface area contributed by atoms with Gasteiger partial charge in [0.1, 0.15) is 0 Å². The van der Waals surface area contributed by atoms with Crippen molar-refractivity contribution in [2.45, 2.75) is 44.6 Å². The Kier molecular flexibility index (Phi) is 4.22. The van der Waals surface area contributed by atoms with Gasteiger partial charge in [-0.05, 0) is 25.7 Å². The first-order valence-electron chi connectivity index (χ1n) is 6.86. The zero-order valence-electron chi connectivity index (χ0n) is 10.7. The SMILES string of the molecule is NC1CCN(C(=O)[C@@H]2CCCC[C@@H]2C(=O)O)CC1. The second kappa shape index (κ2) is 5.69. The van der Waals surface area contributed by atoms with E-state index in [9.17, 15) is 14.7 Å². The van der Waals surface area contributed by atoms with Crippen molar-refractivity contribution >= 4 is 11.9 Å². The van der Waals surface area contributed by atoms with E-state index in [1.54, 1.807) is 0 Å². The summed E-state index contributed by atoms with van der Waals surface area (Å²) in [6, 6.07) is 0.190. The molecule has 1 heterocycles. The van der Waals surface area contributed by atoms with Gasteiger partial charge in [0, 0.05) is 19.1 Å². The maximum Gasteiger partial charge on any atom is 0.307 e. The number of amides is 1. The van der Waals surface area contributed by atoms with E-state index in [0.717, 1.165) is 32.1 Å². The molecular formula is C13H22N2O3. The zero-order chi connectivity index (χ0) is 13.1. The van der Waals surface area contributed by atoms with E-state index in [0.29, 0.717) is 19.5 Å². The highest BCUT2D eigenvalue weighted by molar-refractivity contribution is 5.85. The van der Waals surface area contributed by atoms with Crippen molar-refractivity contribution in [3.05, 3.63) is 0 Å². The van der Waals surface area contributed by atoms with Gasteiger partial charge in [-0.3, -0.25) is 9.59 Å². The van der Waals surface area contributed by atoms with Crippen molar-refractivity contribution in [1.82, 2.24) is 4.90 Å². The first kappa shape index (κ1) is 13.3. The Morgan fingerprint density at radius 3 is 2.11 bits per heavy atom. The van der Waals surface area contributed by atoms with Gasteiger partial charge in [-0.25, -0.2) is 0 Å². The number of hydrogen-bond donors (Lipinski definition) is 2. The van der Waals surface area contributed by atoms with Gasteiger partial charge in [-0.15, -0.1) is 0 Å². The molecule has 0 unspecified atom stereocenters. The highest BCUT2D eigenvalue weighted by Gasteiger charge is 2.38. The third-order valence-electron chi connectivity index (χ3n) is 4.25. The number of nitrogens with two attached hydrogens (primary N) is 1. The standard InChI is InChI=1S/C13H22N2O3/c14-9-5-7-15(8-6-9)12(16)10-3-1-2-4-11(10)13(17)18/h9-11H,1-8,14H2,(H,17,18)/t10-,11+/m1/s1. The zero-order valence-corrected chi connectivity index (χ0v) is 10.7. The molecule has 1 amide bonds. The molecule has 0 aromatic rings. The fourth-order valence-corrected chi connectivity index (χ4v) is 3.08. The van der Waals surface area contributed by atoms with Gasteiger partial charge in [0.25, 0.3) is 0 Å². The number of carboxylic acid groups (broad SMARTS) is 1. The largest absolute Gasteiger partial charge is 0.481 e. The summed E-state index contributed by atoms with van der Waals surface area (Å²) in [6.07, 6.45) is 4.91. The Morgan fingerprint density at radius 1 is 1.00 bits per heavy atom. The normalized spacial score (nSPS) is 30.2. The third kappa shape index (κ3) is 2.83. The van der Waals surface area contributed by atoms with E-state index in [4.69, 9.17) is 5.73 Å². The van der Waals surface area contributed by atoms with Gasteiger partial charge in [0.05, 0.1) is 11.8 Å². The Labute approximate surface area is 107 Å². The number of rotatable bonds is 2. The summed E-state index contributed by atoms with van der Waals surface area (Å²) in [6.45, 7) is 1.37. The fourth-order valence-electron chi connectivity index (χ4n) is 3.08. The van der Waals surface area contributed by atoms with Crippen LogP contribution in [0.15, 0.2) is 0 Å². The monoisotopic (exact) mass is 254 g/mol. The number of likely N-dealkylation sites (tertiary alicyclic amines) is 1. The van der Waals surface area contributed by atoms with Crippen LogP contribution in [-0.4, -0.2) is 41.0 Å². The van der Waals surface area contributed by atoms with Crippen molar-refractivity contribution in [3.8, 4) is 0 Å². The number of carbonyl (C=O) groups is 2. The molecule has 0 aromatic carbocycles. The second-order valence-corrected chi connectivity index (χ2v) is 5.50. The first-order chi connectivity index (χ1) is 8.59. The third-order valence-corrected chi connectivity index (χ3v) is 4.25. The van der Waals surface area contributed by atoms with E-state index in [2.05, 4.69) is 0 Å². The Morgan fingerprint density at radius 2 is 1.56 bits per heavy atom. The summed E-state index contributed by atoms with van der Waals surface area (Å²) in [5.41, 5.74) is 5.82. The highest BCUT2D eigenvalue weighted by atomic mass is 16.4. The molecule has 0 aromatic heterocycles. The van der Waals surface area contributed by atoms with Crippen molar-refractivity contribution in [3.63, 3.8) is 0 Å². The molecule has 3 N–H and O–H groups in total. The van der Waals surface area contributed by atoms with E-state index in [1.165, 1.54) is 0 Å². The number of piperidine rings is 1. The van der Waals surface area contributed by atoms with Crippen LogP contribution in [0.3, 0.4) is 0 Å². The topological polar surface area (TPSA) is 83.6 Å². The quantitative estimate of drug-likeness (QED) is 0.764. The lowest BCUT2D eigenvalue weighted by Gasteiger charge is -2.36. The summed E-state index contributed by atoms with van der Waals surface area (Å²) < 4.78 is 0. The minimum Gasteiger partial charge on any atom is -0.481 e. The molecule has 102 valence electrons. The van der Waals surface area contributed by atoms with Crippen molar-refractivity contribution in [1.29, 1.82) is 0 Å². The lowest BCUT2D eigenvalue weighted by molar-refractivity contribution is -0.152. The van der Waals surface area contributed by atoms with Crippen LogP contribution in [0.4, 0.5) is 0 Å². The number of nitrogens with zero attached hydrogens (tertiary/aromatic N) is 1. The summed E-state index contributed by atoms with van der Waals surface area (Å²) in [4.78, 5) is 25.4. The van der Waals surface area contributed by atoms with E-state index in [-0.39, 0.29) is 17.9 Å². The van der Waals surface area contributed by atoms with Crippen LogP contribution in [0.2, 0.25) is 0 Å². The minimum absolute atomic E-state index is 0.0361. The Bertz CT molecular complexity index is 324. The summed E-state index contributed by atoms with van der Waals surface area (Å²) in [7, 11) is 0. The first-order valence-corrected chi connectivity index (χ1v) is 6.86. The molecule has 1 saturated carbocycles. The number of hydrogen-bond acceptors (Lipinski definition) is 3. The molecule has 5 heteroatoms. The number of carboxylic acids is 1. The van der Waals surface area contributed by atoms with Crippen LogP contribution >= 0.6 is 0 Å². The van der Waals surface area contributed by atoms with Gasteiger partial charge in [-0.2, -0.15) is 0 Å². The van der Waals surface area contributed by atoms with Crippen molar-refractivity contribution < 1.29 is 14.7 Å². The molecule has 2 fully saturated rings. The van der Waals surface area contributed by atoms with Gasteiger partial charge in [0.15, 0.2) is 0 Å². The number of carbonyl (C=O) groups excluding carboxylic acids is 1. The highest BCUT2D eigenvalue weighted by Crippen LogP contribution is 2.32. The molecule has 1 aliphatic heterocycles. The van der Waals surface area contributed by atoms with E-state index in [1.807, 2.05) is 4.90 Å². The molecule has 2 aliphatic rings. The summed E-state index contributed by atoms with van der Waals surface area (Å²) >= 11 is 0. The Hall–Kier alpha value is -1.10. The van der Waals surface area contributed by atoms with Crippen LogP contribution in [0.5, 0.6) is 0 Å². The average Bonchev–Trinajstić information content (AvgIpc) is 2.39. The molecule has 0 radical (unpaired) electrons. The molecule has 18 heavy (non-hydrogen) atoms. The summed E-state index contributed by atoms with van der Waals surface area (Å²) in [5, 5.41) is 9.21. The van der Waals surface area contributed by atoms with Gasteiger partial charge < -0.3 is 15.7 Å². The molecule has 5 nitrogen and oxygen atoms in total. The minimum atomic E-state index is -0.818. The number of aliphatic carboxylic acids is 1. The van der Waals surface area contributed by atoms with Crippen molar-refractivity contribution in [2.75, 3.05) is 13.1 Å². The van der Waals surface area contributed by atoms with Gasteiger partial charge >= 0.3 is 5.97 Å². The average molecular weight is 254 g/mol. The van der Waals surface area contributed by atoms with Crippen LogP contribution in [0, 0.1) is 11.8 Å². The van der Waals surface area contributed by atoms with E-state index >= 15 is 0 Å². The predicted molar refractivity (Wildman–Crippen MR) is 66.9 cm³/mol. The van der Waals surface area contributed by atoms with Gasteiger partial charge in [-0.1, -0.05) is 12.8 Å². The lowest BCUT2D eigenvalue weighted by atomic mass is 9.78. The smallest absolute Gasteiger partial charge is 0.307 e. The molecule has 2 atom stereocenters. The molecule has 1 aliphatic carbocycles. The van der Waals surface area contributed by atoms with Gasteiger partial charge in [0.2, 0.25) is 5.91 Å². The molecule has 1 saturated heterocycles. The molecule has 0 spiro atoms. The maximum atomic E-state index is 12.4. The van der Waals surface area contributed by atoms with E-state index < -0.39 is 11.9 Å². The lowest BCUT2D eigenvalue weighted by Crippen LogP contribution is -2.48. The summed E-state index contributed by atoms with van der Waals surface area (Å²) in [5.74, 6) is -1.58. The van der Waals surface area contributed by atoms with Crippen LogP contribution in [0.25, 0.3) is 0 Å². The molecule has 0 bridgehead atoms. The predicted octanol–water partition coefficient (Wildman–Crippen LogP) is 0.827. The maximum absolute atomic E-state index is 12.4. The molecular weight excluding hydrogens is 232 g/mol.